The predicted octanol–water partition coefficient (Wildman–Crippen LogP) is 7.92. The largest absolute Gasteiger partial charge is 0.490 e. The van der Waals surface area contributed by atoms with Crippen molar-refractivity contribution in [3.05, 3.63) is 82.5 Å². The summed E-state index contributed by atoms with van der Waals surface area (Å²) in [5.41, 5.74) is 2.76. The first-order valence-corrected chi connectivity index (χ1v) is 21.0. The average molecular weight is 795 g/mol. The molecule has 5 aromatic rings. The van der Waals surface area contributed by atoms with Crippen molar-refractivity contribution < 1.29 is 19.1 Å². The van der Waals surface area contributed by atoms with Crippen LogP contribution in [0, 0.1) is 0 Å². The molecule has 58 heavy (non-hydrogen) atoms. The van der Waals surface area contributed by atoms with Gasteiger partial charge in [0.25, 0.3) is 11.5 Å². The number of likely N-dealkylation sites (N-methyl/N-ethyl adjacent to an activating group) is 1. The van der Waals surface area contributed by atoms with E-state index in [1.54, 1.807) is 29.9 Å². The average Bonchev–Trinajstić information content (AvgIpc) is 4.01. The Morgan fingerprint density at radius 1 is 0.931 bits per heavy atom. The van der Waals surface area contributed by atoms with Crippen molar-refractivity contribution in [3.63, 3.8) is 0 Å². The summed E-state index contributed by atoms with van der Waals surface area (Å²) >= 11 is 0. The molecule has 0 spiro atoms. The highest BCUT2D eigenvalue weighted by molar-refractivity contribution is 6.08. The van der Waals surface area contributed by atoms with Crippen molar-refractivity contribution in [1.29, 1.82) is 0 Å². The number of aryl methyl sites for hydroxylation is 1. The Morgan fingerprint density at radius 2 is 1.62 bits per heavy atom. The zero-order valence-electron chi connectivity index (χ0n) is 35.0. The third-order valence-corrected chi connectivity index (χ3v) is 10.4. The van der Waals surface area contributed by atoms with Gasteiger partial charge in [-0.25, -0.2) is 0 Å². The number of aromatic amines is 1. The molecule has 3 aliphatic rings. The van der Waals surface area contributed by atoms with Crippen LogP contribution < -0.4 is 20.9 Å². The predicted molar refractivity (Wildman–Crippen MR) is 231 cm³/mol. The highest BCUT2D eigenvalue weighted by atomic mass is 16.5. The van der Waals surface area contributed by atoms with Crippen LogP contribution in [0.5, 0.6) is 5.75 Å². The molecule has 4 heterocycles. The summed E-state index contributed by atoms with van der Waals surface area (Å²) < 4.78 is 9.70. The standard InChI is InChI=1S/C22H26N4O3.C14H17N3O2.C6H13N.C3H6/c1-14(2)29-20-12-19-15(13-26(25-19)16-7-4-3-5-8-16)11-17(20)21(27)24-18-9-6-10-23-22(18)28;1-15-14(19)11(7-5-9-18)13-10-6-3-4-8-12(10)17(2)16-13;1-7-5-3-2-4-6-7;1-2-3-1/h6,9-14,16H,3-5,7-8H2,1-2H3,(H,23,28)(H,24,27);3-4,6,8-9,11H,5,7H2,1-2H3,(H,15,19);2-6H2,1H3;1-3H2. The minimum absolute atomic E-state index is 0.0976. The van der Waals surface area contributed by atoms with Crippen molar-refractivity contribution in [2.24, 2.45) is 7.05 Å². The molecule has 1 aliphatic heterocycles. The van der Waals surface area contributed by atoms with E-state index in [1.165, 1.54) is 77.1 Å². The van der Waals surface area contributed by atoms with Crippen LogP contribution in [0.3, 0.4) is 0 Å². The number of pyridine rings is 1. The normalized spacial score (nSPS) is 15.8. The van der Waals surface area contributed by atoms with Crippen LogP contribution in [0.15, 0.2) is 65.7 Å². The van der Waals surface area contributed by atoms with Gasteiger partial charge in [0.1, 0.15) is 17.7 Å². The minimum Gasteiger partial charge on any atom is -0.490 e. The van der Waals surface area contributed by atoms with E-state index < -0.39 is 0 Å². The number of carbonyl (C=O) groups is 3. The number of hydrogen-bond donors (Lipinski definition) is 3. The molecule has 2 aliphatic carbocycles. The van der Waals surface area contributed by atoms with Crippen LogP contribution in [-0.2, 0) is 16.6 Å². The van der Waals surface area contributed by atoms with Crippen LogP contribution in [0.2, 0.25) is 0 Å². The quantitative estimate of drug-likeness (QED) is 0.120. The molecular formula is C45H62N8O5. The van der Waals surface area contributed by atoms with Crippen LogP contribution in [0.25, 0.3) is 21.8 Å². The molecule has 3 N–H and O–H groups in total. The Hall–Kier alpha value is -5.30. The van der Waals surface area contributed by atoms with Crippen molar-refractivity contribution in [2.45, 2.75) is 115 Å². The molecular weight excluding hydrogens is 733 g/mol. The second kappa shape index (κ2) is 22.0. The smallest absolute Gasteiger partial charge is 0.271 e. The molecule has 312 valence electrons. The second-order valence-corrected chi connectivity index (χ2v) is 15.7. The molecule has 1 saturated heterocycles. The van der Waals surface area contributed by atoms with Gasteiger partial charge in [-0.05, 0) is 90.4 Å². The Morgan fingerprint density at radius 3 is 2.24 bits per heavy atom. The number of carbonyl (C=O) groups excluding carboxylic acids is 3. The number of fused-ring (bicyclic) bond motifs is 2. The monoisotopic (exact) mass is 794 g/mol. The number of aldehydes is 1. The number of H-pyrrole nitrogens is 1. The molecule has 0 radical (unpaired) electrons. The summed E-state index contributed by atoms with van der Waals surface area (Å²) in [7, 11) is 5.65. The number of nitrogens with zero attached hydrogens (tertiary/aromatic N) is 5. The Bertz CT molecular complexity index is 2140. The molecule has 3 fully saturated rings. The summed E-state index contributed by atoms with van der Waals surface area (Å²) in [6.07, 6.45) is 19.9. The Kier molecular flexibility index (Phi) is 16.6. The van der Waals surface area contributed by atoms with E-state index in [2.05, 4.69) is 32.7 Å². The number of likely N-dealkylation sites (tertiary alicyclic amines) is 1. The van der Waals surface area contributed by atoms with E-state index in [0.29, 0.717) is 30.2 Å². The number of para-hydroxylation sites is 1. The topological polar surface area (TPSA) is 156 Å². The van der Waals surface area contributed by atoms with Crippen LogP contribution in [-0.4, -0.2) is 80.8 Å². The number of ether oxygens (including phenoxy) is 1. The number of nitrogens with one attached hydrogen (secondary N) is 3. The lowest BCUT2D eigenvalue weighted by Gasteiger charge is -2.21. The SMILES string of the molecule is C1CC1.CC(C)Oc1cc2nn(C3CCCCC3)cc2cc1C(=O)Nc1ccc[nH]c1=O.CN1CCCCC1.CNC(=O)C(CCC=O)c1nn(C)c2ccccc12. The molecule has 8 rings (SSSR count). The van der Waals surface area contributed by atoms with Gasteiger partial charge in [-0.2, -0.15) is 10.2 Å². The Balaban J connectivity index is 0.000000187. The number of benzene rings is 2. The molecule has 2 saturated carbocycles. The van der Waals surface area contributed by atoms with Gasteiger partial charge in [0.15, 0.2) is 0 Å². The number of piperidine rings is 1. The number of aromatic nitrogens is 5. The number of rotatable bonds is 10. The molecule has 0 bridgehead atoms. The molecule has 13 heteroatoms. The summed E-state index contributed by atoms with van der Waals surface area (Å²) in [6, 6.07) is 15.0. The van der Waals surface area contributed by atoms with Gasteiger partial charge in [0, 0.05) is 49.7 Å². The minimum atomic E-state index is -0.388. The van der Waals surface area contributed by atoms with E-state index >= 15 is 0 Å². The first kappa shape index (κ1) is 43.8. The fourth-order valence-electron chi connectivity index (χ4n) is 7.19. The number of anilines is 1. The van der Waals surface area contributed by atoms with Crippen molar-refractivity contribution in [3.8, 4) is 5.75 Å². The second-order valence-electron chi connectivity index (χ2n) is 15.7. The maximum absolute atomic E-state index is 12.9. The van der Waals surface area contributed by atoms with E-state index in [0.717, 1.165) is 46.6 Å². The third kappa shape index (κ3) is 12.6. The molecule has 2 amide bonds. The van der Waals surface area contributed by atoms with Crippen molar-refractivity contribution >= 4 is 45.6 Å². The fraction of sp³-hybridized carbons (Fsp3) is 0.511. The first-order chi connectivity index (χ1) is 28.1. The highest BCUT2D eigenvalue weighted by Crippen LogP contribution is 2.32. The van der Waals surface area contributed by atoms with E-state index in [9.17, 15) is 19.2 Å². The number of hydrogen-bond acceptors (Lipinski definition) is 8. The van der Waals surface area contributed by atoms with Gasteiger partial charge in [-0.15, -0.1) is 0 Å². The molecule has 1 unspecified atom stereocenters. The lowest BCUT2D eigenvalue weighted by Crippen LogP contribution is -2.26. The first-order valence-electron chi connectivity index (χ1n) is 21.0. The van der Waals surface area contributed by atoms with E-state index in [4.69, 9.17) is 9.84 Å². The van der Waals surface area contributed by atoms with Crippen LogP contribution >= 0.6 is 0 Å². The van der Waals surface area contributed by atoms with Crippen molar-refractivity contribution in [2.75, 3.05) is 32.5 Å². The highest BCUT2D eigenvalue weighted by Gasteiger charge is 2.25. The van der Waals surface area contributed by atoms with Gasteiger partial charge in [0.05, 0.1) is 40.4 Å². The Labute approximate surface area is 341 Å². The van der Waals surface area contributed by atoms with Gasteiger partial charge in [-0.1, -0.05) is 63.1 Å². The molecule has 2 aromatic carbocycles. The third-order valence-electron chi connectivity index (χ3n) is 10.4. The van der Waals surface area contributed by atoms with Gasteiger partial charge in [-0.3, -0.25) is 23.7 Å². The summed E-state index contributed by atoms with van der Waals surface area (Å²) in [4.78, 5) is 52.4. The van der Waals surface area contributed by atoms with Crippen LogP contribution in [0.4, 0.5) is 5.69 Å². The maximum atomic E-state index is 12.9. The molecule has 1 atom stereocenters. The van der Waals surface area contributed by atoms with E-state index in [1.807, 2.05) is 62.1 Å². The van der Waals surface area contributed by atoms with Gasteiger partial charge < -0.3 is 30.0 Å². The lowest BCUT2D eigenvalue weighted by molar-refractivity contribution is -0.122. The van der Waals surface area contributed by atoms with Gasteiger partial charge >= 0.3 is 0 Å². The fourth-order valence-corrected chi connectivity index (χ4v) is 7.19. The van der Waals surface area contributed by atoms with E-state index in [-0.39, 0.29) is 35.1 Å². The zero-order valence-corrected chi connectivity index (χ0v) is 35.0. The zero-order chi connectivity index (χ0) is 41.4. The molecule has 13 nitrogen and oxygen atoms in total. The summed E-state index contributed by atoms with van der Waals surface area (Å²) in [5.74, 6) is -0.414. The number of amides is 2. The maximum Gasteiger partial charge on any atom is 0.271 e. The summed E-state index contributed by atoms with van der Waals surface area (Å²) in [6.45, 7) is 6.46. The molecule has 3 aromatic heterocycles. The van der Waals surface area contributed by atoms with Gasteiger partial charge in [0.2, 0.25) is 5.91 Å². The summed E-state index contributed by atoms with van der Waals surface area (Å²) in [5, 5.41) is 16.4. The van der Waals surface area contributed by atoms with Crippen LogP contribution in [0.1, 0.15) is 125 Å². The lowest BCUT2D eigenvalue weighted by atomic mass is 9.96. The van der Waals surface area contributed by atoms with Crippen molar-refractivity contribution in [1.82, 2.24) is 34.8 Å².